The minimum absolute atomic E-state index is 0.0505. The smallest absolute Gasteiger partial charge is 0.222 e. The molecular weight excluding hydrogens is 248 g/mol. The Morgan fingerprint density at radius 2 is 2.50 bits per heavy atom. The van der Waals surface area contributed by atoms with E-state index in [1.165, 1.54) is 11.2 Å². The van der Waals surface area contributed by atoms with Crippen molar-refractivity contribution >= 4 is 17.2 Å². The Hall–Kier alpha value is -1.69. The van der Waals surface area contributed by atoms with Crippen LogP contribution in [0.1, 0.15) is 18.2 Å². The van der Waals surface area contributed by atoms with Gasteiger partial charge < -0.3 is 5.32 Å². The number of hydrogen-bond donors (Lipinski definition) is 1. The maximum atomic E-state index is 11.7. The minimum Gasteiger partial charge on any atom is -0.353 e. The van der Waals surface area contributed by atoms with Crippen molar-refractivity contribution in [3.05, 3.63) is 35.0 Å². The van der Waals surface area contributed by atoms with Crippen LogP contribution in [0.25, 0.3) is 0 Å². The summed E-state index contributed by atoms with van der Waals surface area (Å²) in [5, 5.41) is 8.99. The van der Waals surface area contributed by atoms with Gasteiger partial charge in [-0.2, -0.15) is 5.10 Å². The Morgan fingerprint density at radius 1 is 1.61 bits per heavy atom. The summed E-state index contributed by atoms with van der Waals surface area (Å²) in [7, 11) is 0. The summed E-state index contributed by atoms with van der Waals surface area (Å²) in [5.41, 5.74) is 0. The zero-order chi connectivity index (χ0) is 12.8. The maximum absolute atomic E-state index is 11.7. The number of hydrogen-bond acceptors (Lipinski definition) is 4. The lowest BCUT2D eigenvalue weighted by atomic mass is 10.2. The van der Waals surface area contributed by atoms with Gasteiger partial charge in [-0.3, -0.25) is 9.48 Å². The second-order valence-corrected chi connectivity index (χ2v) is 5.19. The third-order valence-electron chi connectivity index (χ3n) is 2.53. The molecule has 2 aromatic heterocycles. The summed E-state index contributed by atoms with van der Waals surface area (Å²) in [6, 6.07) is 4.27. The van der Waals surface area contributed by atoms with Gasteiger partial charge in [-0.1, -0.05) is 6.07 Å². The topological polar surface area (TPSA) is 59.8 Å². The van der Waals surface area contributed by atoms with E-state index in [9.17, 15) is 4.79 Å². The van der Waals surface area contributed by atoms with Crippen molar-refractivity contribution in [2.75, 3.05) is 0 Å². The molecule has 2 aromatic rings. The molecule has 5 nitrogen and oxygen atoms in total. The molecule has 96 valence electrons. The molecule has 0 aliphatic heterocycles. The molecule has 0 fully saturated rings. The van der Waals surface area contributed by atoms with Crippen LogP contribution in [0, 0.1) is 0 Å². The van der Waals surface area contributed by atoms with Crippen LogP contribution in [0.4, 0.5) is 0 Å². The highest BCUT2D eigenvalue weighted by Crippen LogP contribution is 2.10. The predicted molar refractivity (Wildman–Crippen MR) is 70.3 cm³/mol. The standard InChI is InChI=1S/C12H16N4OS/c1-10(7-11-3-2-6-18-11)15-12(17)4-5-16-9-13-8-14-16/h2-3,6,8-10H,4-5,7H2,1H3,(H,15,17)/t10-/m1/s1. The Morgan fingerprint density at radius 3 is 3.17 bits per heavy atom. The molecule has 0 saturated carbocycles. The van der Waals surface area contributed by atoms with E-state index in [0.29, 0.717) is 13.0 Å². The Labute approximate surface area is 110 Å². The lowest BCUT2D eigenvalue weighted by molar-refractivity contribution is -0.121. The SMILES string of the molecule is C[C@H](Cc1cccs1)NC(=O)CCn1cncn1. The van der Waals surface area contributed by atoms with Crippen LogP contribution in [0.3, 0.4) is 0 Å². The van der Waals surface area contributed by atoms with E-state index in [2.05, 4.69) is 26.8 Å². The van der Waals surface area contributed by atoms with Crippen LogP contribution in [-0.4, -0.2) is 26.7 Å². The molecule has 0 unspecified atom stereocenters. The van der Waals surface area contributed by atoms with Gasteiger partial charge in [0.2, 0.25) is 5.91 Å². The number of rotatable bonds is 6. The van der Waals surface area contributed by atoms with Crippen molar-refractivity contribution in [2.45, 2.75) is 32.4 Å². The molecular formula is C12H16N4OS. The Kier molecular flexibility index (Phi) is 4.46. The van der Waals surface area contributed by atoms with Crippen molar-refractivity contribution < 1.29 is 4.79 Å². The fourth-order valence-corrected chi connectivity index (χ4v) is 2.53. The summed E-state index contributed by atoms with van der Waals surface area (Å²) in [6.07, 6.45) is 4.39. The number of carbonyl (C=O) groups is 1. The normalized spacial score (nSPS) is 12.3. The quantitative estimate of drug-likeness (QED) is 0.859. The Bertz CT molecular complexity index is 466. The monoisotopic (exact) mass is 264 g/mol. The first-order valence-corrected chi connectivity index (χ1v) is 6.76. The summed E-state index contributed by atoms with van der Waals surface area (Å²) < 4.78 is 1.66. The molecule has 0 saturated heterocycles. The van der Waals surface area contributed by atoms with Crippen molar-refractivity contribution in [3.8, 4) is 0 Å². The van der Waals surface area contributed by atoms with E-state index in [-0.39, 0.29) is 11.9 Å². The first-order valence-electron chi connectivity index (χ1n) is 5.88. The van der Waals surface area contributed by atoms with Gasteiger partial charge in [-0.25, -0.2) is 4.98 Å². The second-order valence-electron chi connectivity index (χ2n) is 4.16. The molecule has 6 heteroatoms. The van der Waals surface area contributed by atoms with Gasteiger partial charge >= 0.3 is 0 Å². The highest BCUT2D eigenvalue weighted by Gasteiger charge is 2.08. The largest absolute Gasteiger partial charge is 0.353 e. The summed E-state index contributed by atoms with van der Waals surface area (Å²) in [6.45, 7) is 2.59. The molecule has 0 radical (unpaired) electrons. The fraction of sp³-hybridized carbons (Fsp3) is 0.417. The van der Waals surface area contributed by atoms with E-state index < -0.39 is 0 Å². The van der Waals surface area contributed by atoms with Crippen molar-refractivity contribution in [2.24, 2.45) is 0 Å². The molecule has 2 rings (SSSR count). The van der Waals surface area contributed by atoms with Crippen LogP contribution in [-0.2, 0) is 17.8 Å². The fourth-order valence-electron chi connectivity index (χ4n) is 1.69. The van der Waals surface area contributed by atoms with Crippen molar-refractivity contribution in [3.63, 3.8) is 0 Å². The van der Waals surface area contributed by atoms with E-state index in [4.69, 9.17) is 0 Å². The Balaban J connectivity index is 1.70. The van der Waals surface area contributed by atoms with Gasteiger partial charge in [0.1, 0.15) is 12.7 Å². The van der Waals surface area contributed by atoms with Crippen LogP contribution < -0.4 is 5.32 Å². The molecule has 0 spiro atoms. The lowest BCUT2D eigenvalue weighted by Gasteiger charge is -2.12. The van der Waals surface area contributed by atoms with E-state index in [1.807, 2.05) is 13.0 Å². The summed E-state index contributed by atoms with van der Waals surface area (Å²) in [5.74, 6) is 0.0505. The van der Waals surface area contributed by atoms with E-state index in [1.54, 1.807) is 22.3 Å². The molecule has 18 heavy (non-hydrogen) atoms. The minimum atomic E-state index is 0.0505. The number of nitrogens with zero attached hydrogens (tertiary/aromatic N) is 3. The highest BCUT2D eigenvalue weighted by atomic mass is 32.1. The van der Waals surface area contributed by atoms with Gasteiger partial charge in [0.25, 0.3) is 0 Å². The van der Waals surface area contributed by atoms with E-state index >= 15 is 0 Å². The van der Waals surface area contributed by atoms with Gasteiger partial charge in [-0.15, -0.1) is 11.3 Å². The van der Waals surface area contributed by atoms with Gasteiger partial charge in [0.15, 0.2) is 0 Å². The number of carbonyl (C=O) groups excluding carboxylic acids is 1. The predicted octanol–water partition coefficient (Wildman–Crippen LogP) is 1.48. The number of aromatic nitrogens is 3. The molecule has 0 bridgehead atoms. The highest BCUT2D eigenvalue weighted by molar-refractivity contribution is 7.09. The molecule has 1 amide bonds. The van der Waals surface area contributed by atoms with Gasteiger partial charge in [0.05, 0.1) is 6.54 Å². The van der Waals surface area contributed by atoms with Gasteiger partial charge in [-0.05, 0) is 18.4 Å². The third-order valence-corrected chi connectivity index (χ3v) is 3.43. The number of nitrogens with one attached hydrogen (secondary N) is 1. The third kappa shape index (κ3) is 3.96. The lowest BCUT2D eigenvalue weighted by Crippen LogP contribution is -2.34. The molecule has 0 aliphatic rings. The molecule has 1 atom stereocenters. The van der Waals surface area contributed by atoms with Crippen LogP contribution in [0.2, 0.25) is 0 Å². The van der Waals surface area contributed by atoms with Gasteiger partial charge in [0, 0.05) is 23.8 Å². The van der Waals surface area contributed by atoms with Crippen LogP contribution >= 0.6 is 11.3 Å². The van der Waals surface area contributed by atoms with Crippen LogP contribution in [0.15, 0.2) is 30.2 Å². The number of thiophene rings is 1. The zero-order valence-corrected chi connectivity index (χ0v) is 11.1. The van der Waals surface area contributed by atoms with Crippen molar-refractivity contribution in [1.29, 1.82) is 0 Å². The second kappa shape index (κ2) is 6.30. The number of aryl methyl sites for hydroxylation is 1. The zero-order valence-electron chi connectivity index (χ0n) is 10.2. The summed E-state index contributed by atoms with van der Waals surface area (Å²) >= 11 is 1.72. The molecule has 2 heterocycles. The first-order chi connectivity index (χ1) is 8.74. The number of amides is 1. The summed E-state index contributed by atoms with van der Waals surface area (Å²) in [4.78, 5) is 16.8. The van der Waals surface area contributed by atoms with Crippen molar-refractivity contribution in [1.82, 2.24) is 20.1 Å². The average molecular weight is 264 g/mol. The molecule has 0 aliphatic carbocycles. The molecule has 0 aromatic carbocycles. The first kappa shape index (κ1) is 12.8. The van der Waals surface area contributed by atoms with Crippen LogP contribution in [0.5, 0.6) is 0 Å². The van der Waals surface area contributed by atoms with E-state index in [0.717, 1.165) is 6.42 Å². The average Bonchev–Trinajstić information content (AvgIpc) is 2.98. The molecule has 1 N–H and O–H groups in total. The maximum Gasteiger partial charge on any atom is 0.222 e.